The van der Waals surface area contributed by atoms with Crippen LogP contribution >= 0.6 is 27.3 Å². The Bertz CT molecular complexity index is 1480. The van der Waals surface area contributed by atoms with Crippen molar-refractivity contribution in [1.82, 2.24) is 19.1 Å². The van der Waals surface area contributed by atoms with Gasteiger partial charge in [0, 0.05) is 41.2 Å². The van der Waals surface area contributed by atoms with Crippen molar-refractivity contribution >= 4 is 60.3 Å². The van der Waals surface area contributed by atoms with Crippen molar-refractivity contribution in [3.05, 3.63) is 62.2 Å². The minimum atomic E-state index is -0.512. The number of phenolic OH excluding ortho intramolecular Hbond substituents is 1. The zero-order chi connectivity index (χ0) is 24.7. The van der Waals surface area contributed by atoms with Crippen LogP contribution in [0.3, 0.4) is 0 Å². The number of aromatic hydroxyl groups is 1. The number of imidazole rings is 1. The molecule has 35 heavy (non-hydrogen) atoms. The minimum absolute atomic E-state index is 0.0477. The summed E-state index contributed by atoms with van der Waals surface area (Å²) in [6.07, 6.45) is 5.73. The lowest BCUT2D eigenvalue weighted by Gasteiger charge is -2.13. The molecule has 0 spiro atoms. The highest BCUT2D eigenvalue weighted by Crippen LogP contribution is 2.46. The number of esters is 1. The van der Waals surface area contributed by atoms with Gasteiger partial charge in [0.05, 0.1) is 61.7 Å². The molecular formula is C24H23BrN4O4S2. The molecule has 182 valence electrons. The highest BCUT2D eigenvalue weighted by molar-refractivity contribution is 9.10. The number of fused-ring (bicyclic) bond motifs is 1. The molecule has 0 bridgehead atoms. The number of aromatic nitrogens is 4. The fraction of sp³-hybridized carbons (Fsp3) is 0.333. The number of nitrogens with zero attached hydrogens (tertiary/aromatic N) is 4. The number of rotatable bonds is 8. The van der Waals surface area contributed by atoms with E-state index in [1.807, 2.05) is 29.1 Å². The van der Waals surface area contributed by atoms with Gasteiger partial charge < -0.3 is 19.0 Å². The third-order valence-corrected chi connectivity index (χ3v) is 7.93. The third-order valence-electron chi connectivity index (χ3n) is 6.15. The van der Waals surface area contributed by atoms with E-state index in [0.717, 1.165) is 29.9 Å². The fourth-order valence-corrected chi connectivity index (χ4v) is 5.93. The molecule has 1 fully saturated rings. The van der Waals surface area contributed by atoms with Crippen LogP contribution in [0.4, 0.5) is 0 Å². The van der Waals surface area contributed by atoms with Crippen molar-refractivity contribution in [1.29, 1.82) is 0 Å². The van der Waals surface area contributed by atoms with Gasteiger partial charge in [0.25, 0.3) is 0 Å². The summed E-state index contributed by atoms with van der Waals surface area (Å²) in [5.41, 5.74) is 4.74. The molecule has 0 amide bonds. The van der Waals surface area contributed by atoms with Crippen molar-refractivity contribution in [3.8, 4) is 5.75 Å². The summed E-state index contributed by atoms with van der Waals surface area (Å²) in [4.78, 5) is 22.6. The average Bonchev–Trinajstić information content (AvgIpc) is 3.22. The summed E-state index contributed by atoms with van der Waals surface area (Å²) < 4.78 is 22.5. The maximum Gasteiger partial charge on any atom is 0.341 e. The number of ether oxygens (including phenoxy) is 1. The lowest BCUT2D eigenvalue weighted by atomic mass is 10.0. The van der Waals surface area contributed by atoms with Crippen molar-refractivity contribution in [3.63, 3.8) is 0 Å². The Morgan fingerprint density at radius 3 is 2.77 bits per heavy atom. The van der Waals surface area contributed by atoms with Gasteiger partial charge in [-0.05, 0) is 48.7 Å². The first-order valence-electron chi connectivity index (χ1n) is 11.2. The number of hydrogen-bond acceptors (Lipinski definition) is 7. The molecule has 3 heterocycles. The average molecular weight is 576 g/mol. The van der Waals surface area contributed by atoms with Gasteiger partial charge >= 0.3 is 5.97 Å². The Hall–Kier alpha value is -2.76. The largest absolute Gasteiger partial charge is 0.506 e. The Morgan fingerprint density at radius 1 is 1.37 bits per heavy atom. The van der Waals surface area contributed by atoms with Gasteiger partial charge in [-0.2, -0.15) is 0 Å². The molecule has 1 saturated carbocycles. The molecule has 4 aromatic rings. The second-order valence-corrected chi connectivity index (χ2v) is 10.6. The summed E-state index contributed by atoms with van der Waals surface area (Å²) >= 11 is 5.35. The van der Waals surface area contributed by atoms with Crippen molar-refractivity contribution in [2.75, 3.05) is 6.61 Å². The van der Waals surface area contributed by atoms with Crippen LogP contribution in [0.2, 0.25) is 0 Å². The Morgan fingerprint density at radius 2 is 2.17 bits per heavy atom. The number of hydrogen-bond donors (Lipinski definition) is 1. The molecule has 1 aromatic carbocycles. The lowest BCUT2D eigenvalue weighted by molar-refractivity contribution is 0.0528. The Balaban J connectivity index is 1.85. The number of halogens is 1. The van der Waals surface area contributed by atoms with Crippen LogP contribution < -0.4 is 0 Å². The van der Waals surface area contributed by atoms with E-state index < -0.39 is 5.97 Å². The van der Waals surface area contributed by atoms with Crippen LogP contribution in [0.5, 0.6) is 5.75 Å². The van der Waals surface area contributed by atoms with Crippen molar-refractivity contribution < 1.29 is 18.8 Å². The van der Waals surface area contributed by atoms with Crippen LogP contribution in [0, 0.1) is 6.92 Å². The standard InChI is InChI=1S/C24H23BrN4O4S2/c1-3-33-24(31)21-20-16(10-28-7-6-26-13(28)2)23(30)17(25)9-18(20)29(15-4-5-15)22(21)19(35-32)8-14-11-34-12-27-14/h6-7,9,11-12,15,30H,3-5,8,10H2,1-2H3. The smallest absolute Gasteiger partial charge is 0.341 e. The van der Waals surface area contributed by atoms with E-state index in [4.69, 9.17) is 4.74 Å². The maximum atomic E-state index is 13.5. The van der Waals surface area contributed by atoms with E-state index in [-0.39, 0.29) is 18.4 Å². The van der Waals surface area contributed by atoms with Gasteiger partial charge in [-0.1, -0.05) is 0 Å². The first-order chi connectivity index (χ1) is 16.9. The van der Waals surface area contributed by atoms with Gasteiger partial charge in [0.15, 0.2) is 0 Å². The van der Waals surface area contributed by atoms with Gasteiger partial charge in [-0.25, -0.2) is 19.0 Å². The van der Waals surface area contributed by atoms with E-state index in [0.29, 0.717) is 55.8 Å². The monoisotopic (exact) mass is 574 g/mol. The SMILES string of the molecule is CCOC(=O)c1c(C(Cc2cscn2)=S=O)n(C2CC2)c2cc(Br)c(O)c(Cn3ccnc3C)c12. The summed E-state index contributed by atoms with van der Waals surface area (Å²) in [6, 6.07) is 1.99. The van der Waals surface area contributed by atoms with Crippen LogP contribution in [0.25, 0.3) is 10.9 Å². The quantitative estimate of drug-likeness (QED) is 0.187. The van der Waals surface area contributed by atoms with E-state index in [9.17, 15) is 14.1 Å². The predicted octanol–water partition coefficient (Wildman–Crippen LogP) is 4.61. The highest BCUT2D eigenvalue weighted by atomic mass is 79.9. The van der Waals surface area contributed by atoms with Crippen LogP contribution in [0.1, 0.15) is 58.9 Å². The van der Waals surface area contributed by atoms with E-state index >= 15 is 0 Å². The van der Waals surface area contributed by atoms with Crippen LogP contribution in [0.15, 0.2) is 33.8 Å². The maximum absolute atomic E-state index is 13.5. The van der Waals surface area contributed by atoms with Crippen molar-refractivity contribution in [2.24, 2.45) is 0 Å². The van der Waals surface area contributed by atoms with Crippen LogP contribution in [-0.4, -0.2) is 45.9 Å². The van der Waals surface area contributed by atoms with E-state index in [2.05, 4.69) is 30.5 Å². The molecule has 5 rings (SSSR count). The first-order valence-corrected chi connectivity index (χ1v) is 13.7. The molecule has 11 heteroatoms. The fourth-order valence-electron chi connectivity index (χ4n) is 4.43. The lowest BCUT2D eigenvalue weighted by Crippen LogP contribution is -2.17. The zero-order valence-corrected chi connectivity index (χ0v) is 22.4. The number of thiazole rings is 1. The predicted molar refractivity (Wildman–Crippen MR) is 140 cm³/mol. The zero-order valence-electron chi connectivity index (χ0n) is 19.2. The molecule has 1 aliphatic rings. The number of carbonyl (C=O) groups excluding carboxylic acids is 1. The second kappa shape index (κ2) is 9.71. The molecule has 1 aliphatic carbocycles. The molecular weight excluding hydrogens is 552 g/mol. The molecule has 0 radical (unpaired) electrons. The minimum Gasteiger partial charge on any atom is -0.506 e. The van der Waals surface area contributed by atoms with Gasteiger partial charge in [-0.3, -0.25) is 0 Å². The van der Waals surface area contributed by atoms with Gasteiger partial charge in [-0.15, -0.1) is 11.3 Å². The molecule has 8 nitrogen and oxygen atoms in total. The second-order valence-electron chi connectivity index (χ2n) is 8.39. The van der Waals surface area contributed by atoms with Gasteiger partial charge in [0.1, 0.15) is 11.6 Å². The summed E-state index contributed by atoms with van der Waals surface area (Å²) in [6.45, 7) is 4.13. The van der Waals surface area contributed by atoms with Gasteiger partial charge in [0.2, 0.25) is 0 Å². The highest BCUT2D eigenvalue weighted by Gasteiger charge is 2.36. The summed E-state index contributed by atoms with van der Waals surface area (Å²) in [5, 5.41) is 13.7. The number of benzene rings is 1. The molecule has 1 N–H and O–H groups in total. The topological polar surface area (TPSA) is 99.2 Å². The molecule has 0 aliphatic heterocycles. The third kappa shape index (κ3) is 4.36. The summed E-state index contributed by atoms with van der Waals surface area (Å²) in [7, 11) is 0. The number of aryl methyl sites for hydroxylation is 1. The number of phenols is 1. The number of carbonyl (C=O) groups is 1. The Kier molecular flexibility index (Phi) is 6.65. The molecule has 0 unspecified atom stereocenters. The molecule has 0 saturated heterocycles. The molecule has 0 atom stereocenters. The Labute approximate surface area is 217 Å². The van der Waals surface area contributed by atoms with E-state index in [1.165, 1.54) is 11.3 Å². The normalized spacial score (nSPS) is 13.3. The van der Waals surface area contributed by atoms with E-state index in [1.54, 1.807) is 18.6 Å². The van der Waals surface area contributed by atoms with Crippen LogP contribution in [-0.2, 0) is 29.0 Å². The molecule has 3 aromatic heterocycles. The summed E-state index contributed by atoms with van der Waals surface area (Å²) in [5.74, 6) is 0.316. The van der Waals surface area contributed by atoms with Crippen molar-refractivity contribution in [2.45, 2.75) is 45.7 Å². The first kappa shape index (κ1) is 24.0.